The smallest absolute Gasteiger partial charge is 0.317 e. The topological polar surface area (TPSA) is 301 Å². The number of aromatic hydroxyl groups is 2. The number of carbonyl (C=O) groups excluding carboxylic acids is 1. The van der Waals surface area contributed by atoms with E-state index in [9.17, 15) is 55.5 Å². The maximum Gasteiger partial charge on any atom is 0.317 e. The van der Waals surface area contributed by atoms with E-state index in [1.54, 1.807) is 0 Å². The fourth-order valence-electron chi connectivity index (χ4n) is 5.44. The van der Waals surface area contributed by atoms with Gasteiger partial charge in [0.15, 0.2) is 17.6 Å². The molecule has 11 atom stereocenters. The number of ether oxygens (including phenoxy) is 7. The van der Waals surface area contributed by atoms with Gasteiger partial charge < -0.3 is 84.2 Å². The first-order valence-corrected chi connectivity index (χ1v) is 15.0. The highest BCUT2D eigenvalue weighted by atomic mass is 16.7. The third kappa shape index (κ3) is 7.65. The SMILES string of the molecule is COc1cc(C2Oc3cc(O)cc(O[C@@H]4O[C@H](CO)[C@@H](O)[C@H](O)[C@H]4O)c3C=C2O[C@@H]2O[C@H](COC(=O)CC(=O)O)[C@@H](O)[C@H](O)[C@H]2O)ccc1O. The Morgan fingerprint density at radius 1 is 0.800 bits per heavy atom. The number of hydrogen-bond donors (Lipinski definition) is 10. The normalized spacial score (nSPS) is 32.2. The minimum atomic E-state index is -1.92. The molecule has 3 aliphatic rings. The van der Waals surface area contributed by atoms with Gasteiger partial charge in [0.05, 0.1) is 19.3 Å². The summed E-state index contributed by atoms with van der Waals surface area (Å²) in [6.45, 7) is -1.48. The second kappa shape index (κ2) is 15.2. The first kappa shape index (κ1) is 36.8. The average molecular weight is 713 g/mol. The number of benzene rings is 2. The van der Waals surface area contributed by atoms with E-state index in [-0.39, 0.29) is 39.9 Å². The molecular formula is C31H36O19. The Labute approximate surface area is 282 Å². The van der Waals surface area contributed by atoms with Crippen molar-refractivity contribution < 1.29 is 93.8 Å². The molecule has 2 fully saturated rings. The Balaban J connectivity index is 1.51. The van der Waals surface area contributed by atoms with Gasteiger partial charge in [-0.05, 0) is 18.2 Å². The summed E-state index contributed by atoms with van der Waals surface area (Å²) in [5, 5.41) is 102. The van der Waals surface area contributed by atoms with E-state index in [2.05, 4.69) is 0 Å². The second-order valence-electron chi connectivity index (χ2n) is 11.5. The van der Waals surface area contributed by atoms with Crippen molar-refractivity contribution in [1.82, 2.24) is 0 Å². The molecule has 2 saturated heterocycles. The molecule has 19 nitrogen and oxygen atoms in total. The number of hydrogen-bond acceptors (Lipinski definition) is 18. The van der Waals surface area contributed by atoms with Gasteiger partial charge >= 0.3 is 11.9 Å². The quantitative estimate of drug-likeness (QED) is 0.0858. The van der Waals surface area contributed by atoms with Crippen molar-refractivity contribution in [3.63, 3.8) is 0 Å². The molecule has 10 N–H and O–H groups in total. The fourth-order valence-corrected chi connectivity index (χ4v) is 5.44. The highest BCUT2D eigenvalue weighted by molar-refractivity contribution is 5.90. The summed E-state index contributed by atoms with van der Waals surface area (Å²) in [7, 11) is 1.30. The molecule has 1 unspecified atom stereocenters. The lowest BCUT2D eigenvalue weighted by atomic mass is 9.98. The summed E-state index contributed by atoms with van der Waals surface area (Å²) >= 11 is 0. The van der Waals surface area contributed by atoms with E-state index < -0.39 is 105 Å². The molecule has 19 heteroatoms. The van der Waals surface area contributed by atoms with Gasteiger partial charge in [-0.1, -0.05) is 6.07 Å². The number of phenolic OH excluding ortho intramolecular Hbond substituents is 2. The predicted molar refractivity (Wildman–Crippen MR) is 159 cm³/mol. The summed E-state index contributed by atoms with van der Waals surface area (Å²) in [6.07, 6.45) is -18.2. The number of phenols is 2. The molecule has 50 heavy (non-hydrogen) atoms. The van der Waals surface area contributed by atoms with Crippen LogP contribution >= 0.6 is 0 Å². The lowest BCUT2D eigenvalue weighted by Crippen LogP contribution is -2.60. The number of fused-ring (bicyclic) bond motifs is 1. The minimum absolute atomic E-state index is 0.0227. The first-order chi connectivity index (χ1) is 23.7. The molecule has 0 aromatic heterocycles. The van der Waals surface area contributed by atoms with Gasteiger partial charge in [-0.25, -0.2) is 0 Å². The summed E-state index contributed by atoms with van der Waals surface area (Å²) in [5.74, 6) is -3.68. The lowest BCUT2D eigenvalue weighted by Gasteiger charge is -2.41. The third-order valence-corrected chi connectivity index (χ3v) is 8.10. The zero-order valence-corrected chi connectivity index (χ0v) is 26.1. The van der Waals surface area contributed by atoms with Crippen LogP contribution in [0.4, 0.5) is 0 Å². The molecule has 0 saturated carbocycles. The number of carboxylic acid groups (broad SMARTS) is 1. The van der Waals surface area contributed by atoms with Crippen LogP contribution < -0.4 is 14.2 Å². The van der Waals surface area contributed by atoms with Gasteiger partial charge in [-0.3, -0.25) is 9.59 Å². The van der Waals surface area contributed by atoms with Crippen molar-refractivity contribution in [2.75, 3.05) is 20.3 Å². The monoisotopic (exact) mass is 712 g/mol. The fraction of sp³-hybridized carbons (Fsp3) is 0.484. The number of aliphatic carboxylic acids is 1. The summed E-state index contributed by atoms with van der Waals surface area (Å²) < 4.78 is 39.1. The summed E-state index contributed by atoms with van der Waals surface area (Å²) in [5.41, 5.74) is 0.308. The minimum Gasteiger partial charge on any atom is -0.508 e. The molecule has 3 aliphatic heterocycles. The Morgan fingerprint density at radius 3 is 2.08 bits per heavy atom. The molecule has 5 rings (SSSR count). The zero-order chi connectivity index (χ0) is 36.4. The van der Waals surface area contributed by atoms with E-state index in [0.717, 1.165) is 6.07 Å². The van der Waals surface area contributed by atoms with Crippen LogP contribution in [0.25, 0.3) is 6.08 Å². The third-order valence-electron chi connectivity index (χ3n) is 8.10. The second-order valence-corrected chi connectivity index (χ2v) is 11.5. The van der Waals surface area contributed by atoms with Crippen molar-refractivity contribution in [2.45, 2.75) is 73.9 Å². The van der Waals surface area contributed by atoms with Crippen LogP contribution in [-0.2, 0) is 28.5 Å². The number of esters is 1. The Hall–Kier alpha value is -4.44. The van der Waals surface area contributed by atoms with Crippen LogP contribution in [0, 0.1) is 0 Å². The number of methoxy groups -OCH3 is 1. The molecule has 0 bridgehead atoms. The molecule has 274 valence electrons. The summed E-state index contributed by atoms with van der Waals surface area (Å²) in [6, 6.07) is 6.39. The van der Waals surface area contributed by atoms with Crippen molar-refractivity contribution in [1.29, 1.82) is 0 Å². The predicted octanol–water partition coefficient (Wildman–Crippen LogP) is -2.40. The lowest BCUT2D eigenvalue weighted by molar-refractivity contribution is -0.294. The summed E-state index contributed by atoms with van der Waals surface area (Å²) in [4.78, 5) is 22.6. The highest BCUT2D eigenvalue weighted by Crippen LogP contribution is 2.46. The average Bonchev–Trinajstić information content (AvgIpc) is 3.08. The van der Waals surface area contributed by atoms with Gasteiger partial charge in [0.1, 0.15) is 84.9 Å². The maximum absolute atomic E-state index is 11.8. The van der Waals surface area contributed by atoms with Gasteiger partial charge in [0.2, 0.25) is 12.6 Å². The molecule has 0 spiro atoms. The van der Waals surface area contributed by atoms with Gasteiger partial charge in [0, 0.05) is 17.7 Å². The Kier molecular flexibility index (Phi) is 11.2. The van der Waals surface area contributed by atoms with E-state index in [1.807, 2.05) is 0 Å². The van der Waals surface area contributed by atoms with Crippen molar-refractivity contribution in [3.05, 3.63) is 47.2 Å². The molecule has 2 aromatic carbocycles. The van der Waals surface area contributed by atoms with Crippen LogP contribution in [0.15, 0.2) is 36.1 Å². The largest absolute Gasteiger partial charge is 0.508 e. The molecular weight excluding hydrogens is 676 g/mol. The molecule has 0 aliphatic carbocycles. The van der Waals surface area contributed by atoms with Crippen molar-refractivity contribution in [2.24, 2.45) is 0 Å². The van der Waals surface area contributed by atoms with Crippen LogP contribution in [-0.4, -0.2) is 145 Å². The number of aliphatic hydroxyl groups excluding tert-OH is 7. The molecule has 2 aromatic rings. The van der Waals surface area contributed by atoms with Crippen LogP contribution in [0.1, 0.15) is 23.7 Å². The Bertz CT molecular complexity index is 1580. The molecule has 0 amide bonds. The highest BCUT2D eigenvalue weighted by Gasteiger charge is 2.48. The number of carboxylic acids is 1. The van der Waals surface area contributed by atoms with Gasteiger partial charge in [-0.2, -0.15) is 0 Å². The number of aliphatic hydroxyl groups is 7. The Morgan fingerprint density at radius 2 is 1.44 bits per heavy atom. The number of rotatable bonds is 11. The van der Waals surface area contributed by atoms with E-state index >= 15 is 0 Å². The zero-order valence-electron chi connectivity index (χ0n) is 26.1. The van der Waals surface area contributed by atoms with E-state index in [1.165, 1.54) is 37.5 Å². The van der Waals surface area contributed by atoms with Crippen LogP contribution in [0.3, 0.4) is 0 Å². The molecule has 3 heterocycles. The van der Waals surface area contributed by atoms with E-state index in [0.29, 0.717) is 0 Å². The van der Waals surface area contributed by atoms with E-state index in [4.69, 9.17) is 38.3 Å². The van der Waals surface area contributed by atoms with Crippen molar-refractivity contribution >= 4 is 18.0 Å². The van der Waals surface area contributed by atoms with Gasteiger partial charge in [0.25, 0.3) is 0 Å². The van der Waals surface area contributed by atoms with Crippen LogP contribution in [0.5, 0.6) is 28.7 Å². The number of carbonyl (C=O) groups is 2. The first-order valence-electron chi connectivity index (χ1n) is 15.0. The van der Waals surface area contributed by atoms with Crippen molar-refractivity contribution in [3.8, 4) is 28.7 Å². The molecule has 0 radical (unpaired) electrons. The van der Waals surface area contributed by atoms with Crippen LogP contribution in [0.2, 0.25) is 0 Å². The maximum atomic E-state index is 11.8. The van der Waals surface area contributed by atoms with Gasteiger partial charge in [-0.15, -0.1) is 0 Å². The standard InChI is InChI=1S/C31H36O19/c1-44-17-4-11(2-3-14(17)34)29-18(48-31-28(43)26(41)24(39)20(50-31)10-45-22(37)8-21(35)36)7-13-15(46-29)5-12(33)6-16(13)47-30-27(42)25(40)23(38)19(9-32)49-30/h2-7,19-20,23-34,38-43H,8-10H2,1H3,(H,35,36)/t19-,20-,23-,24-,25+,26+,27-,28-,29?,30-,31-/m1/s1.